The van der Waals surface area contributed by atoms with Crippen molar-refractivity contribution in [3.63, 3.8) is 0 Å². The van der Waals surface area contributed by atoms with Crippen LogP contribution in [0, 0.1) is 6.92 Å². The van der Waals surface area contributed by atoms with E-state index in [0.29, 0.717) is 12.3 Å². The van der Waals surface area contributed by atoms with Gasteiger partial charge in [0.2, 0.25) is 0 Å². The highest BCUT2D eigenvalue weighted by atomic mass is 16.6. The number of rotatable bonds is 3. The Morgan fingerprint density at radius 3 is 2.79 bits per heavy atom. The van der Waals surface area contributed by atoms with E-state index in [-0.39, 0.29) is 23.7 Å². The maximum absolute atomic E-state index is 12.8. The van der Waals surface area contributed by atoms with Crippen LogP contribution in [0.1, 0.15) is 61.3 Å². The molecule has 0 aromatic heterocycles. The van der Waals surface area contributed by atoms with E-state index in [9.17, 15) is 4.79 Å². The van der Waals surface area contributed by atoms with E-state index in [1.165, 1.54) is 0 Å². The number of carbonyl (C=O) groups excluding carboxylic acids is 1. The number of methoxy groups -OCH3 is 1. The molecule has 3 fully saturated rings. The SMILES string of the molecule is [2H]C([2H])([2H])Oc1cccc([C@@H]2NCC[C@@H]2N2CCN(C(=O)OC(C)(C)C)C3(CC3)C2)c1C. The molecule has 4 rings (SSSR count). The van der Waals surface area contributed by atoms with Gasteiger partial charge in [-0.3, -0.25) is 9.80 Å². The van der Waals surface area contributed by atoms with Crippen molar-refractivity contribution in [3.8, 4) is 5.75 Å². The topological polar surface area (TPSA) is 54.0 Å². The lowest BCUT2D eigenvalue weighted by molar-refractivity contribution is -0.0148. The Hall–Kier alpha value is -1.79. The fourth-order valence-corrected chi connectivity index (χ4v) is 4.94. The van der Waals surface area contributed by atoms with Crippen LogP contribution in [0.4, 0.5) is 4.79 Å². The van der Waals surface area contributed by atoms with Crippen molar-refractivity contribution >= 4 is 6.09 Å². The molecule has 0 bridgehead atoms. The quantitative estimate of drug-likeness (QED) is 0.836. The summed E-state index contributed by atoms with van der Waals surface area (Å²) in [4.78, 5) is 17.2. The highest BCUT2D eigenvalue weighted by Crippen LogP contribution is 2.46. The van der Waals surface area contributed by atoms with Crippen molar-refractivity contribution in [2.75, 3.05) is 33.2 Å². The van der Waals surface area contributed by atoms with Crippen LogP contribution in [0.5, 0.6) is 5.75 Å². The second-order valence-electron chi connectivity index (χ2n) is 9.69. The number of piperazine rings is 1. The van der Waals surface area contributed by atoms with Crippen molar-refractivity contribution in [1.29, 1.82) is 0 Å². The predicted molar refractivity (Wildman–Crippen MR) is 113 cm³/mol. The van der Waals surface area contributed by atoms with Crippen molar-refractivity contribution < 1.29 is 18.4 Å². The molecule has 3 aliphatic rings. The van der Waals surface area contributed by atoms with Gasteiger partial charge in [0.25, 0.3) is 0 Å². The Balaban J connectivity index is 1.50. The third-order valence-corrected chi connectivity index (χ3v) is 6.55. The maximum atomic E-state index is 12.8. The lowest BCUT2D eigenvalue weighted by Crippen LogP contribution is -2.60. The normalized spacial score (nSPS) is 28.6. The minimum absolute atomic E-state index is 0.0963. The number of hydrogen-bond donors (Lipinski definition) is 1. The molecule has 29 heavy (non-hydrogen) atoms. The molecule has 6 heteroatoms. The summed E-state index contributed by atoms with van der Waals surface area (Å²) in [6.07, 6.45) is 2.82. The van der Waals surface area contributed by atoms with Crippen LogP contribution < -0.4 is 10.1 Å². The Morgan fingerprint density at radius 2 is 2.10 bits per heavy atom. The smallest absolute Gasteiger partial charge is 0.410 e. The van der Waals surface area contributed by atoms with Gasteiger partial charge in [0.15, 0.2) is 0 Å². The van der Waals surface area contributed by atoms with Crippen LogP contribution in [0.2, 0.25) is 0 Å². The van der Waals surface area contributed by atoms with E-state index >= 15 is 0 Å². The summed E-state index contributed by atoms with van der Waals surface area (Å²) >= 11 is 0. The van der Waals surface area contributed by atoms with Gasteiger partial charge < -0.3 is 14.8 Å². The van der Waals surface area contributed by atoms with Crippen molar-refractivity contribution in [2.24, 2.45) is 0 Å². The summed E-state index contributed by atoms with van der Waals surface area (Å²) in [6.45, 7) is 10.9. The molecule has 2 atom stereocenters. The summed E-state index contributed by atoms with van der Waals surface area (Å²) in [5.41, 5.74) is 1.33. The molecular formula is C23H35N3O3. The van der Waals surface area contributed by atoms with Crippen LogP contribution in [-0.4, -0.2) is 66.3 Å². The first-order valence-electron chi connectivity index (χ1n) is 12.2. The van der Waals surface area contributed by atoms with Crippen LogP contribution in [0.3, 0.4) is 0 Å². The van der Waals surface area contributed by atoms with Gasteiger partial charge in [0, 0.05) is 31.7 Å². The van der Waals surface area contributed by atoms with Crippen molar-refractivity contribution in [2.45, 2.75) is 70.2 Å². The fraction of sp³-hybridized carbons (Fsp3) is 0.696. The average Bonchev–Trinajstić information content (AvgIpc) is 3.24. The molecule has 1 N–H and O–H groups in total. The van der Waals surface area contributed by atoms with E-state index in [1.807, 2.05) is 38.7 Å². The molecule has 6 nitrogen and oxygen atoms in total. The molecule has 1 aromatic rings. The lowest BCUT2D eigenvalue weighted by atomic mass is 9.93. The summed E-state index contributed by atoms with van der Waals surface area (Å²) < 4.78 is 33.3. The average molecular weight is 405 g/mol. The lowest BCUT2D eigenvalue weighted by Gasteiger charge is -2.45. The Labute approximate surface area is 178 Å². The van der Waals surface area contributed by atoms with Gasteiger partial charge in [0.05, 0.1) is 16.7 Å². The summed E-state index contributed by atoms with van der Waals surface area (Å²) in [7, 11) is -2.47. The van der Waals surface area contributed by atoms with Crippen LogP contribution in [0.25, 0.3) is 0 Å². The van der Waals surface area contributed by atoms with E-state index < -0.39 is 12.6 Å². The molecule has 2 heterocycles. The predicted octanol–water partition coefficient (Wildman–Crippen LogP) is 3.49. The summed E-state index contributed by atoms with van der Waals surface area (Å²) in [5, 5.41) is 3.62. The van der Waals surface area contributed by atoms with E-state index in [2.05, 4.69) is 16.3 Å². The molecule has 2 saturated heterocycles. The Bertz CT molecular complexity index is 864. The third kappa shape index (κ3) is 3.97. The highest BCUT2D eigenvalue weighted by molar-refractivity contribution is 5.70. The number of nitrogens with one attached hydrogen (secondary N) is 1. The van der Waals surface area contributed by atoms with Gasteiger partial charge in [-0.15, -0.1) is 0 Å². The Kier molecular flexibility index (Phi) is 4.37. The first-order chi connectivity index (χ1) is 14.9. The molecule has 0 unspecified atom stereocenters. The Morgan fingerprint density at radius 1 is 1.31 bits per heavy atom. The molecule has 1 amide bonds. The molecule has 1 aliphatic carbocycles. The number of carbonyl (C=O) groups is 1. The van der Waals surface area contributed by atoms with Gasteiger partial charge in [-0.25, -0.2) is 4.79 Å². The molecule has 0 radical (unpaired) electrons. The zero-order valence-corrected chi connectivity index (χ0v) is 18.0. The molecular weight excluding hydrogens is 366 g/mol. The van der Waals surface area contributed by atoms with Crippen LogP contribution >= 0.6 is 0 Å². The molecule has 160 valence electrons. The third-order valence-electron chi connectivity index (χ3n) is 6.55. The first kappa shape index (κ1) is 16.9. The number of nitrogens with zero attached hydrogens (tertiary/aromatic N) is 2. The second kappa shape index (κ2) is 7.47. The zero-order chi connectivity index (χ0) is 23.3. The largest absolute Gasteiger partial charge is 0.496 e. The van der Waals surface area contributed by atoms with Gasteiger partial charge in [-0.05, 0) is 70.7 Å². The monoisotopic (exact) mass is 404 g/mol. The van der Waals surface area contributed by atoms with Gasteiger partial charge in [-0.1, -0.05) is 12.1 Å². The van der Waals surface area contributed by atoms with Gasteiger partial charge in [0.1, 0.15) is 11.4 Å². The maximum Gasteiger partial charge on any atom is 0.410 e. The summed E-state index contributed by atoms with van der Waals surface area (Å²) in [5.74, 6) is 0.406. The van der Waals surface area contributed by atoms with E-state index in [4.69, 9.17) is 13.6 Å². The van der Waals surface area contributed by atoms with Gasteiger partial charge in [-0.2, -0.15) is 0 Å². The molecule has 1 aromatic carbocycles. The van der Waals surface area contributed by atoms with E-state index in [1.54, 1.807) is 6.07 Å². The summed E-state index contributed by atoms with van der Waals surface area (Å²) in [6, 6.07) is 6.02. The van der Waals surface area contributed by atoms with Gasteiger partial charge >= 0.3 is 6.09 Å². The standard InChI is InChI=1S/C23H35N3O3/c1-16-17(7-6-8-19(16)28-5)20-18(9-12-24-20)25-13-14-26(23(15-25)10-11-23)21(27)29-22(2,3)4/h6-8,18,20,24H,9-15H2,1-5H3/t18-,20-/m0/s1/i5D3. The first-order valence-corrected chi connectivity index (χ1v) is 10.7. The van der Waals surface area contributed by atoms with Crippen LogP contribution in [0.15, 0.2) is 18.2 Å². The molecule has 1 spiro atoms. The number of benzene rings is 1. The van der Waals surface area contributed by atoms with Crippen molar-refractivity contribution in [1.82, 2.24) is 15.1 Å². The number of hydrogen-bond acceptors (Lipinski definition) is 5. The highest BCUT2D eigenvalue weighted by Gasteiger charge is 2.55. The van der Waals surface area contributed by atoms with Crippen LogP contribution in [-0.2, 0) is 4.74 Å². The fourth-order valence-electron chi connectivity index (χ4n) is 4.94. The van der Waals surface area contributed by atoms with E-state index in [0.717, 1.165) is 50.0 Å². The minimum Gasteiger partial charge on any atom is -0.496 e. The zero-order valence-electron chi connectivity index (χ0n) is 21.0. The number of amides is 1. The second-order valence-corrected chi connectivity index (χ2v) is 9.69. The molecule has 1 saturated carbocycles. The molecule has 2 aliphatic heterocycles. The minimum atomic E-state index is -2.47. The van der Waals surface area contributed by atoms with Crippen molar-refractivity contribution in [3.05, 3.63) is 29.3 Å². The number of ether oxygens (including phenoxy) is 2.